The molecule has 2 aromatic carbocycles. The normalized spacial score (nSPS) is 15.9. The number of hydrogen-bond acceptors (Lipinski definition) is 5. The van der Waals surface area contributed by atoms with Crippen LogP contribution in [0, 0.1) is 5.82 Å². The Morgan fingerprint density at radius 1 is 1.00 bits per heavy atom. The first-order valence-corrected chi connectivity index (χ1v) is 11.0. The Morgan fingerprint density at radius 2 is 1.75 bits per heavy atom. The van der Waals surface area contributed by atoms with E-state index in [1.165, 1.54) is 6.07 Å². The minimum atomic E-state index is -0.318. The molecule has 1 atom stereocenters. The van der Waals surface area contributed by atoms with Crippen LogP contribution in [0.15, 0.2) is 72.9 Å². The van der Waals surface area contributed by atoms with E-state index in [2.05, 4.69) is 26.9 Å². The van der Waals surface area contributed by atoms with Crippen LogP contribution in [0.3, 0.4) is 0 Å². The molecule has 6 heteroatoms. The molecule has 0 aliphatic carbocycles. The Kier molecular flexibility index (Phi) is 7.24. The van der Waals surface area contributed by atoms with Crippen molar-refractivity contribution >= 4 is 5.97 Å². The average molecular weight is 434 g/mol. The van der Waals surface area contributed by atoms with Gasteiger partial charge in [-0.1, -0.05) is 42.5 Å². The molecule has 4 rings (SSSR count). The fraction of sp³-hybridized carbons (Fsp3) is 0.308. The minimum Gasteiger partial charge on any atom is -0.462 e. The van der Waals surface area contributed by atoms with E-state index in [0.29, 0.717) is 18.7 Å². The van der Waals surface area contributed by atoms with Gasteiger partial charge < -0.3 is 4.74 Å². The Labute approximate surface area is 188 Å². The smallest absolute Gasteiger partial charge is 0.338 e. The first-order valence-electron chi connectivity index (χ1n) is 11.0. The number of halogens is 1. The number of benzene rings is 2. The lowest BCUT2D eigenvalue weighted by atomic mass is 9.96. The SMILES string of the molecule is CCOC(=O)c1ccnc(CN2CCN(C(c3ccccc3)c3cccc(F)c3)CC2)c1. The molecule has 0 saturated carbocycles. The second-order valence-corrected chi connectivity index (χ2v) is 7.94. The zero-order valence-electron chi connectivity index (χ0n) is 18.3. The molecule has 1 unspecified atom stereocenters. The quantitative estimate of drug-likeness (QED) is 0.520. The number of carbonyl (C=O) groups excluding carboxylic acids is 1. The summed E-state index contributed by atoms with van der Waals surface area (Å²) >= 11 is 0. The maximum absolute atomic E-state index is 14.0. The standard InChI is InChI=1S/C26H28FN3O2/c1-2-32-26(31)22-11-12-28-24(18-22)19-29-13-15-30(16-14-29)25(20-7-4-3-5-8-20)21-9-6-10-23(27)17-21/h3-12,17-18,25H,2,13-16,19H2,1H3. The lowest BCUT2D eigenvalue weighted by Gasteiger charge is -2.39. The van der Waals surface area contributed by atoms with Gasteiger partial charge in [-0.25, -0.2) is 9.18 Å². The van der Waals surface area contributed by atoms with Gasteiger partial charge in [-0.15, -0.1) is 0 Å². The molecule has 32 heavy (non-hydrogen) atoms. The third-order valence-corrected chi connectivity index (χ3v) is 5.77. The number of esters is 1. The zero-order valence-corrected chi connectivity index (χ0v) is 18.3. The monoisotopic (exact) mass is 433 g/mol. The minimum absolute atomic E-state index is 0.0133. The number of nitrogens with zero attached hydrogens (tertiary/aromatic N) is 3. The molecule has 3 aromatic rings. The molecule has 0 radical (unpaired) electrons. The molecule has 1 fully saturated rings. The predicted molar refractivity (Wildman–Crippen MR) is 122 cm³/mol. The number of aromatic nitrogens is 1. The summed E-state index contributed by atoms with van der Waals surface area (Å²) in [6.07, 6.45) is 1.66. The van der Waals surface area contributed by atoms with Crippen molar-refractivity contribution in [2.24, 2.45) is 0 Å². The lowest BCUT2D eigenvalue weighted by molar-refractivity contribution is 0.0525. The van der Waals surface area contributed by atoms with Crippen LogP contribution in [-0.4, -0.2) is 53.5 Å². The van der Waals surface area contributed by atoms with Crippen molar-refractivity contribution in [3.63, 3.8) is 0 Å². The van der Waals surface area contributed by atoms with Gasteiger partial charge in [0.25, 0.3) is 0 Å². The average Bonchev–Trinajstić information content (AvgIpc) is 2.82. The van der Waals surface area contributed by atoms with Crippen LogP contribution in [0.2, 0.25) is 0 Å². The third kappa shape index (κ3) is 5.39. The van der Waals surface area contributed by atoms with Crippen molar-refractivity contribution in [3.8, 4) is 0 Å². The fourth-order valence-corrected chi connectivity index (χ4v) is 4.24. The van der Waals surface area contributed by atoms with Crippen LogP contribution < -0.4 is 0 Å². The fourth-order valence-electron chi connectivity index (χ4n) is 4.24. The van der Waals surface area contributed by atoms with Gasteiger partial charge in [-0.2, -0.15) is 0 Å². The highest BCUT2D eigenvalue weighted by Gasteiger charge is 2.27. The Hall–Kier alpha value is -3.09. The predicted octanol–water partition coefficient (Wildman–Crippen LogP) is 4.30. The second kappa shape index (κ2) is 10.5. The van der Waals surface area contributed by atoms with Crippen molar-refractivity contribution in [2.45, 2.75) is 19.5 Å². The van der Waals surface area contributed by atoms with E-state index in [-0.39, 0.29) is 17.8 Å². The van der Waals surface area contributed by atoms with E-state index >= 15 is 0 Å². The first kappa shape index (κ1) is 22.1. The number of hydrogen-bond donors (Lipinski definition) is 0. The second-order valence-electron chi connectivity index (χ2n) is 7.94. The van der Waals surface area contributed by atoms with Gasteiger partial charge in [0.05, 0.1) is 23.9 Å². The summed E-state index contributed by atoms with van der Waals surface area (Å²) < 4.78 is 19.1. The topological polar surface area (TPSA) is 45.7 Å². The number of piperazine rings is 1. The summed E-state index contributed by atoms with van der Waals surface area (Å²) in [6.45, 7) is 6.27. The van der Waals surface area contributed by atoms with Crippen LogP contribution in [0.5, 0.6) is 0 Å². The summed E-state index contributed by atoms with van der Waals surface area (Å²) in [5, 5.41) is 0. The van der Waals surface area contributed by atoms with Gasteiger partial charge in [0.15, 0.2) is 0 Å². The molecule has 0 bridgehead atoms. The molecule has 1 aliphatic rings. The molecule has 5 nitrogen and oxygen atoms in total. The van der Waals surface area contributed by atoms with E-state index in [0.717, 1.165) is 43.0 Å². The molecule has 0 spiro atoms. The first-order chi connectivity index (χ1) is 15.6. The zero-order chi connectivity index (χ0) is 22.3. The van der Waals surface area contributed by atoms with Crippen molar-refractivity contribution in [3.05, 3.63) is 101 Å². The summed E-state index contributed by atoms with van der Waals surface area (Å²) in [7, 11) is 0. The van der Waals surface area contributed by atoms with Crippen LogP contribution in [0.25, 0.3) is 0 Å². The van der Waals surface area contributed by atoms with E-state index < -0.39 is 0 Å². The van der Waals surface area contributed by atoms with Crippen LogP contribution in [-0.2, 0) is 11.3 Å². The molecular formula is C26H28FN3O2. The van der Waals surface area contributed by atoms with E-state index in [1.54, 1.807) is 31.3 Å². The van der Waals surface area contributed by atoms with Gasteiger partial charge in [0.1, 0.15) is 5.82 Å². The summed E-state index contributed by atoms with van der Waals surface area (Å²) in [5.74, 6) is -0.531. The molecule has 0 amide bonds. The van der Waals surface area contributed by atoms with E-state index in [4.69, 9.17) is 4.74 Å². The highest BCUT2D eigenvalue weighted by molar-refractivity contribution is 5.89. The summed E-state index contributed by atoms with van der Waals surface area (Å²) in [5.41, 5.74) is 3.52. The molecular weight excluding hydrogens is 405 g/mol. The Morgan fingerprint density at radius 3 is 2.47 bits per heavy atom. The number of pyridine rings is 1. The van der Waals surface area contributed by atoms with Gasteiger partial charge in [0.2, 0.25) is 0 Å². The highest BCUT2D eigenvalue weighted by Crippen LogP contribution is 2.30. The number of carbonyl (C=O) groups is 1. The van der Waals surface area contributed by atoms with Crippen LogP contribution >= 0.6 is 0 Å². The van der Waals surface area contributed by atoms with Crippen LogP contribution in [0.1, 0.15) is 40.1 Å². The van der Waals surface area contributed by atoms with E-state index in [1.807, 2.05) is 30.3 Å². The van der Waals surface area contributed by atoms with Crippen molar-refractivity contribution in [2.75, 3.05) is 32.8 Å². The van der Waals surface area contributed by atoms with Gasteiger partial charge >= 0.3 is 5.97 Å². The number of ether oxygens (including phenoxy) is 1. The van der Waals surface area contributed by atoms with Crippen molar-refractivity contribution in [1.29, 1.82) is 0 Å². The maximum atomic E-state index is 14.0. The summed E-state index contributed by atoms with van der Waals surface area (Å²) in [6, 6.07) is 20.7. The van der Waals surface area contributed by atoms with Gasteiger partial charge in [-0.3, -0.25) is 14.8 Å². The van der Waals surface area contributed by atoms with Gasteiger partial charge in [-0.05, 0) is 42.3 Å². The Balaban J connectivity index is 1.45. The summed E-state index contributed by atoms with van der Waals surface area (Å²) in [4.78, 5) is 21.2. The molecule has 2 heterocycles. The maximum Gasteiger partial charge on any atom is 0.338 e. The number of rotatable bonds is 7. The highest BCUT2D eigenvalue weighted by atomic mass is 19.1. The lowest BCUT2D eigenvalue weighted by Crippen LogP contribution is -2.47. The molecule has 1 saturated heterocycles. The molecule has 1 aliphatic heterocycles. The van der Waals surface area contributed by atoms with Crippen molar-refractivity contribution in [1.82, 2.24) is 14.8 Å². The van der Waals surface area contributed by atoms with Crippen molar-refractivity contribution < 1.29 is 13.9 Å². The molecule has 0 N–H and O–H groups in total. The largest absolute Gasteiger partial charge is 0.462 e. The van der Waals surface area contributed by atoms with Crippen LogP contribution in [0.4, 0.5) is 4.39 Å². The molecule has 166 valence electrons. The Bertz CT molecular complexity index is 1040. The molecule has 1 aromatic heterocycles. The third-order valence-electron chi connectivity index (χ3n) is 5.77. The van der Waals surface area contributed by atoms with E-state index in [9.17, 15) is 9.18 Å². The van der Waals surface area contributed by atoms with Gasteiger partial charge in [0, 0.05) is 38.9 Å².